The van der Waals surface area contributed by atoms with Gasteiger partial charge in [0, 0.05) is 13.1 Å². The van der Waals surface area contributed by atoms with Crippen LogP contribution in [0, 0.1) is 7.43 Å². The van der Waals surface area contributed by atoms with Gasteiger partial charge in [-0.15, -0.1) is 0 Å². The van der Waals surface area contributed by atoms with Crippen LogP contribution in [0.1, 0.15) is 27.7 Å². The molecule has 9 heteroatoms. The predicted octanol–water partition coefficient (Wildman–Crippen LogP) is -1.47. The van der Waals surface area contributed by atoms with Gasteiger partial charge in [0.2, 0.25) is 0 Å². The maximum atomic E-state index is 13.8. The Balaban J connectivity index is -0.000000637. The molecule has 160 valence electrons. The quantitative estimate of drug-likeness (QED) is 0.129. The maximum Gasteiger partial charge on any atom is 1.00 e. The van der Waals surface area contributed by atoms with Gasteiger partial charge >= 0.3 is 51.4 Å². The molecule has 27 heavy (non-hydrogen) atoms. The van der Waals surface area contributed by atoms with Crippen LogP contribution in [0.2, 0.25) is 0 Å². The van der Waals surface area contributed by atoms with Crippen molar-refractivity contribution >= 4 is 6.41 Å². The Morgan fingerprint density at radius 3 is 1.85 bits per heavy atom. The SMILES string of the molecule is CC.CNCCOCCOCCOCCOC(C)(C)C(F)CN[C-]=O.[CH3-].[K+]. The summed E-state index contributed by atoms with van der Waals surface area (Å²) in [5.41, 5.74) is -0.992. The van der Waals surface area contributed by atoms with E-state index in [0.717, 1.165) is 6.54 Å². The molecule has 0 aliphatic heterocycles. The molecule has 0 aromatic heterocycles. The number of halogens is 1. The Labute approximate surface area is 208 Å². The van der Waals surface area contributed by atoms with Crippen LogP contribution < -0.4 is 62.0 Å². The standard InChI is InChI=1S/C15H30FN2O5.C2H6.CH3.K/c1-15(2,14(16)12-18-13-19)23-11-10-22-9-8-21-7-6-20-5-4-17-3;1-2;;/h14,17H,4-12H2,1-3H3,(H,18,19);1-2H3;1H3;/q-1;;-1;+1. The van der Waals surface area contributed by atoms with Crippen molar-refractivity contribution in [3.8, 4) is 0 Å². The number of carbonyl (C=O) groups excluding carboxylic acids is 1. The van der Waals surface area contributed by atoms with Gasteiger partial charge in [0.15, 0.2) is 0 Å². The van der Waals surface area contributed by atoms with Gasteiger partial charge in [-0.25, -0.2) is 4.39 Å². The third kappa shape index (κ3) is 24.8. The van der Waals surface area contributed by atoms with Gasteiger partial charge in [0.25, 0.3) is 0 Å². The average molecular weight is 422 g/mol. The van der Waals surface area contributed by atoms with Crippen LogP contribution in [0.5, 0.6) is 0 Å². The number of hydrogen-bond acceptors (Lipinski definition) is 6. The molecule has 0 aliphatic rings. The number of nitrogens with one attached hydrogen (secondary N) is 2. The number of alkyl halides is 1. The summed E-state index contributed by atoms with van der Waals surface area (Å²) in [6.45, 7) is 11.2. The van der Waals surface area contributed by atoms with Gasteiger partial charge in [0.05, 0.1) is 51.8 Å². The largest absolute Gasteiger partial charge is 1.00 e. The van der Waals surface area contributed by atoms with Crippen molar-refractivity contribution < 1.29 is 79.5 Å². The first-order valence-corrected chi connectivity index (χ1v) is 8.80. The summed E-state index contributed by atoms with van der Waals surface area (Å²) in [5.74, 6) is 0. The molecule has 0 aliphatic carbocycles. The fourth-order valence-corrected chi connectivity index (χ4v) is 1.55. The summed E-state index contributed by atoms with van der Waals surface area (Å²) in [7, 11) is 1.87. The zero-order valence-corrected chi connectivity index (χ0v) is 21.5. The topological polar surface area (TPSA) is 78.1 Å². The van der Waals surface area contributed by atoms with Crippen LogP contribution in [0.15, 0.2) is 0 Å². The fraction of sp³-hybridized carbons (Fsp3) is 0.889. The van der Waals surface area contributed by atoms with Crippen molar-refractivity contribution in [1.29, 1.82) is 0 Å². The van der Waals surface area contributed by atoms with E-state index in [1.54, 1.807) is 13.8 Å². The molecule has 0 radical (unpaired) electrons. The van der Waals surface area contributed by atoms with Gasteiger partial charge in [-0.1, -0.05) is 13.8 Å². The van der Waals surface area contributed by atoms with Crippen LogP contribution in [0.4, 0.5) is 4.39 Å². The smallest absolute Gasteiger partial charge is 0.527 e. The third-order valence-electron chi connectivity index (χ3n) is 3.05. The Morgan fingerprint density at radius 2 is 1.41 bits per heavy atom. The van der Waals surface area contributed by atoms with Crippen molar-refractivity contribution in [3.05, 3.63) is 7.43 Å². The first kappa shape index (κ1) is 35.3. The molecule has 0 heterocycles. The Hall–Kier alpha value is 0.836. The minimum atomic E-state index is -1.31. The molecule has 2 N–H and O–H groups in total. The van der Waals surface area contributed by atoms with E-state index in [4.69, 9.17) is 18.9 Å². The van der Waals surface area contributed by atoms with Crippen molar-refractivity contribution in [2.24, 2.45) is 0 Å². The summed E-state index contributed by atoms with van der Waals surface area (Å²) >= 11 is 0. The third-order valence-corrected chi connectivity index (χ3v) is 3.05. The van der Waals surface area contributed by atoms with Gasteiger partial charge < -0.3 is 41.8 Å². The second-order valence-electron chi connectivity index (χ2n) is 5.34. The Bertz CT molecular complexity index is 290. The number of ether oxygens (including phenoxy) is 4. The van der Waals surface area contributed by atoms with Crippen molar-refractivity contribution in [3.63, 3.8) is 0 Å². The average Bonchev–Trinajstić information content (AvgIpc) is 2.62. The molecule has 0 aromatic carbocycles. The summed E-state index contributed by atoms with van der Waals surface area (Å²) in [4.78, 5) is 10.0. The van der Waals surface area contributed by atoms with E-state index < -0.39 is 11.8 Å². The van der Waals surface area contributed by atoms with E-state index in [2.05, 4.69) is 10.6 Å². The number of likely N-dealkylation sites (N-methyl/N-ethyl adjacent to an activating group) is 1. The first-order valence-electron chi connectivity index (χ1n) is 8.80. The zero-order chi connectivity index (χ0) is 19.4. The van der Waals surface area contributed by atoms with Crippen molar-refractivity contribution in [1.82, 2.24) is 10.6 Å². The van der Waals surface area contributed by atoms with E-state index in [1.165, 1.54) is 6.41 Å². The summed E-state index contributed by atoms with van der Waals surface area (Å²) in [6, 6.07) is 0. The molecule has 0 aromatic rings. The molecule has 0 saturated carbocycles. The fourth-order valence-electron chi connectivity index (χ4n) is 1.55. The molecule has 1 atom stereocenters. The first-order chi connectivity index (χ1) is 12.0. The van der Waals surface area contributed by atoms with Crippen LogP contribution in [0.3, 0.4) is 0 Å². The second-order valence-corrected chi connectivity index (χ2v) is 5.34. The van der Waals surface area contributed by atoms with Crippen molar-refractivity contribution in [2.45, 2.75) is 39.5 Å². The zero-order valence-electron chi connectivity index (χ0n) is 18.4. The second kappa shape index (κ2) is 26.8. The predicted molar refractivity (Wildman–Crippen MR) is 103 cm³/mol. The molecule has 7 nitrogen and oxygen atoms in total. The van der Waals surface area contributed by atoms with E-state index in [9.17, 15) is 9.18 Å². The van der Waals surface area contributed by atoms with Gasteiger partial charge in [-0.3, -0.25) is 0 Å². The summed E-state index contributed by atoms with van der Waals surface area (Å²) in [6.07, 6.45) is 0.129. The molecule has 0 spiro atoms. The molecule has 0 saturated heterocycles. The van der Waals surface area contributed by atoms with Crippen LogP contribution in [0.25, 0.3) is 0 Å². The molecule has 0 fully saturated rings. The van der Waals surface area contributed by atoms with Gasteiger partial charge in [-0.2, -0.15) is 6.41 Å². The summed E-state index contributed by atoms with van der Waals surface area (Å²) in [5, 5.41) is 5.16. The molecule has 1 amide bonds. The minimum absolute atomic E-state index is 0. The molecule has 1 unspecified atom stereocenters. The molecular weight excluding hydrogens is 382 g/mol. The minimum Gasteiger partial charge on any atom is -0.527 e. The molecular formula is C18H39FKN2O5-. The van der Waals surface area contributed by atoms with E-state index >= 15 is 0 Å². The molecule has 0 rings (SSSR count). The number of hydrogen-bond donors (Lipinski definition) is 2. The normalized spacial score (nSPS) is 11.3. The van der Waals surface area contributed by atoms with E-state index in [1.807, 2.05) is 20.9 Å². The van der Waals surface area contributed by atoms with Crippen LogP contribution in [-0.2, 0) is 23.7 Å². The van der Waals surface area contributed by atoms with E-state index in [0.29, 0.717) is 39.6 Å². The Kier molecular flexibility index (Phi) is 35.1. The van der Waals surface area contributed by atoms with E-state index in [-0.39, 0.29) is 72.0 Å². The number of amides is 1. The van der Waals surface area contributed by atoms with Crippen LogP contribution >= 0.6 is 0 Å². The molecule has 0 bridgehead atoms. The van der Waals surface area contributed by atoms with Crippen molar-refractivity contribution in [2.75, 3.05) is 66.4 Å². The van der Waals surface area contributed by atoms with Crippen LogP contribution in [-0.4, -0.2) is 84.6 Å². The maximum absolute atomic E-state index is 13.8. The summed E-state index contributed by atoms with van der Waals surface area (Å²) < 4.78 is 35.1. The Morgan fingerprint density at radius 1 is 0.963 bits per heavy atom. The monoisotopic (exact) mass is 421 g/mol. The van der Waals surface area contributed by atoms with Gasteiger partial charge in [-0.05, 0) is 20.9 Å². The van der Waals surface area contributed by atoms with Gasteiger partial charge in [0.1, 0.15) is 6.17 Å². The number of rotatable bonds is 17.